The minimum atomic E-state index is -0.350. The van der Waals surface area contributed by atoms with Crippen molar-refractivity contribution >= 4 is 34.3 Å². The molecule has 3 amide bonds. The van der Waals surface area contributed by atoms with Gasteiger partial charge < -0.3 is 20.4 Å². The van der Waals surface area contributed by atoms with Crippen LogP contribution in [0.2, 0.25) is 0 Å². The number of carbonyl (C=O) groups is 2. The van der Waals surface area contributed by atoms with Crippen LogP contribution in [0.5, 0.6) is 0 Å². The summed E-state index contributed by atoms with van der Waals surface area (Å²) in [4.78, 5) is 23.7. The molecular formula is C20H21N3O3. The van der Waals surface area contributed by atoms with Crippen molar-refractivity contribution in [3.63, 3.8) is 0 Å². The molecule has 0 bridgehead atoms. The Bertz CT molecular complexity index is 900. The number of nitrogens with one attached hydrogen (secondary N) is 3. The zero-order valence-corrected chi connectivity index (χ0v) is 14.7. The molecule has 1 atom stereocenters. The average Bonchev–Trinajstić information content (AvgIpc) is 3.06. The Labute approximate surface area is 151 Å². The van der Waals surface area contributed by atoms with Gasteiger partial charge in [-0.15, -0.1) is 0 Å². The molecule has 1 aromatic heterocycles. The van der Waals surface area contributed by atoms with Crippen LogP contribution in [0.15, 0.2) is 59.0 Å². The van der Waals surface area contributed by atoms with Gasteiger partial charge >= 0.3 is 6.03 Å². The number of para-hydroxylation sites is 1. The Morgan fingerprint density at radius 2 is 1.73 bits per heavy atom. The number of urea groups is 1. The van der Waals surface area contributed by atoms with E-state index >= 15 is 0 Å². The zero-order valence-electron chi connectivity index (χ0n) is 14.7. The van der Waals surface area contributed by atoms with E-state index in [1.165, 1.54) is 0 Å². The summed E-state index contributed by atoms with van der Waals surface area (Å²) in [7, 11) is 0. The van der Waals surface area contributed by atoms with Crippen LogP contribution < -0.4 is 16.0 Å². The lowest BCUT2D eigenvalue weighted by atomic mass is 10.2. The lowest BCUT2D eigenvalue weighted by Crippen LogP contribution is -2.31. The Kier molecular flexibility index (Phi) is 5.22. The summed E-state index contributed by atoms with van der Waals surface area (Å²) in [5.74, 6) is 0.607. The number of fused-ring (bicyclic) bond motifs is 1. The van der Waals surface area contributed by atoms with Gasteiger partial charge in [0.25, 0.3) is 0 Å². The molecule has 0 saturated carbocycles. The molecule has 26 heavy (non-hydrogen) atoms. The molecule has 6 heteroatoms. The van der Waals surface area contributed by atoms with Crippen molar-refractivity contribution in [1.29, 1.82) is 0 Å². The van der Waals surface area contributed by atoms with Gasteiger partial charge in [0.1, 0.15) is 11.3 Å². The molecule has 3 N–H and O–H groups in total. The van der Waals surface area contributed by atoms with Gasteiger partial charge in [-0.3, -0.25) is 4.79 Å². The lowest BCUT2D eigenvalue weighted by molar-refractivity contribution is -0.115. The summed E-state index contributed by atoms with van der Waals surface area (Å²) in [6, 6.07) is 16.0. The summed E-state index contributed by atoms with van der Waals surface area (Å²) in [6.45, 7) is 3.64. The van der Waals surface area contributed by atoms with Gasteiger partial charge in [0.05, 0.1) is 6.04 Å². The largest absolute Gasteiger partial charge is 0.459 e. The SMILES string of the molecule is CCC(=O)Nc1cccc(NC(=O)N[C@H](C)c2cc3ccccc3o2)c1. The number of hydrogen-bond acceptors (Lipinski definition) is 3. The van der Waals surface area contributed by atoms with E-state index in [0.29, 0.717) is 23.6 Å². The fourth-order valence-corrected chi connectivity index (χ4v) is 2.57. The Morgan fingerprint density at radius 3 is 2.46 bits per heavy atom. The first kappa shape index (κ1) is 17.5. The van der Waals surface area contributed by atoms with Gasteiger partial charge in [0.2, 0.25) is 5.91 Å². The minimum Gasteiger partial charge on any atom is -0.459 e. The third kappa shape index (κ3) is 4.22. The number of hydrogen-bond donors (Lipinski definition) is 3. The third-order valence-electron chi connectivity index (χ3n) is 3.94. The van der Waals surface area contributed by atoms with Gasteiger partial charge in [-0.2, -0.15) is 0 Å². The molecule has 3 aromatic rings. The van der Waals surface area contributed by atoms with Crippen LogP contribution in [-0.4, -0.2) is 11.9 Å². The van der Waals surface area contributed by atoms with Gasteiger partial charge in [0, 0.05) is 23.2 Å². The molecule has 0 radical (unpaired) electrons. The van der Waals surface area contributed by atoms with E-state index in [4.69, 9.17) is 4.42 Å². The topological polar surface area (TPSA) is 83.4 Å². The molecule has 6 nitrogen and oxygen atoms in total. The monoisotopic (exact) mass is 351 g/mol. The van der Waals surface area contributed by atoms with Crippen LogP contribution in [0.4, 0.5) is 16.2 Å². The molecule has 0 spiro atoms. The Hall–Kier alpha value is -3.28. The second-order valence-electron chi connectivity index (χ2n) is 5.99. The maximum Gasteiger partial charge on any atom is 0.319 e. The highest BCUT2D eigenvalue weighted by Gasteiger charge is 2.14. The quantitative estimate of drug-likeness (QED) is 0.625. The summed E-state index contributed by atoms with van der Waals surface area (Å²) >= 11 is 0. The predicted octanol–water partition coefficient (Wildman–Crippen LogP) is 4.66. The van der Waals surface area contributed by atoms with E-state index in [0.717, 1.165) is 11.0 Å². The Morgan fingerprint density at radius 1 is 1.00 bits per heavy atom. The van der Waals surface area contributed by atoms with E-state index in [1.807, 2.05) is 37.3 Å². The molecule has 3 rings (SSSR count). The van der Waals surface area contributed by atoms with E-state index < -0.39 is 0 Å². The smallest absolute Gasteiger partial charge is 0.319 e. The fourth-order valence-electron chi connectivity index (χ4n) is 2.57. The van der Waals surface area contributed by atoms with Crippen molar-refractivity contribution in [3.8, 4) is 0 Å². The molecule has 0 aliphatic rings. The van der Waals surface area contributed by atoms with Crippen molar-refractivity contribution < 1.29 is 14.0 Å². The lowest BCUT2D eigenvalue weighted by Gasteiger charge is -2.13. The standard InChI is InChI=1S/C20H21N3O3/c1-3-19(24)22-15-8-6-9-16(12-15)23-20(25)21-13(2)18-11-14-7-4-5-10-17(14)26-18/h4-13H,3H2,1-2H3,(H,22,24)(H2,21,23,25)/t13-/m1/s1. The Balaban J connectivity index is 1.63. The summed E-state index contributed by atoms with van der Waals surface area (Å²) in [6.07, 6.45) is 0.396. The average molecular weight is 351 g/mol. The molecule has 2 aromatic carbocycles. The van der Waals surface area contributed by atoms with Crippen LogP contribution >= 0.6 is 0 Å². The molecule has 0 fully saturated rings. The number of rotatable bonds is 5. The van der Waals surface area contributed by atoms with Crippen LogP contribution in [0.3, 0.4) is 0 Å². The molecule has 0 aliphatic heterocycles. The van der Waals surface area contributed by atoms with Crippen molar-refractivity contribution in [1.82, 2.24) is 5.32 Å². The molecule has 0 aliphatic carbocycles. The first-order valence-electron chi connectivity index (χ1n) is 8.51. The van der Waals surface area contributed by atoms with Crippen molar-refractivity contribution in [3.05, 3.63) is 60.4 Å². The molecule has 134 valence electrons. The number of benzene rings is 2. The highest BCUT2D eigenvalue weighted by molar-refractivity contribution is 5.93. The summed E-state index contributed by atoms with van der Waals surface area (Å²) in [5.41, 5.74) is 2.02. The second-order valence-corrected chi connectivity index (χ2v) is 5.99. The van der Waals surface area contributed by atoms with Crippen LogP contribution in [0.1, 0.15) is 32.1 Å². The molecular weight excluding hydrogens is 330 g/mol. The van der Waals surface area contributed by atoms with Gasteiger partial charge in [-0.1, -0.05) is 31.2 Å². The van der Waals surface area contributed by atoms with E-state index in [-0.39, 0.29) is 18.0 Å². The molecule has 1 heterocycles. The summed E-state index contributed by atoms with van der Waals surface area (Å²) < 4.78 is 5.77. The normalized spacial score (nSPS) is 11.8. The fraction of sp³-hybridized carbons (Fsp3) is 0.200. The van der Waals surface area contributed by atoms with Crippen molar-refractivity contribution in [2.24, 2.45) is 0 Å². The van der Waals surface area contributed by atoms with Gasteiger partial charge in [-0.25, -0.2) is 4.79 Å². The maximum absolute atomic E-state index is 12.2. The summed E-state index contributed by atoms with van der Waals surface area (Å²) in [5, 5.41) is 9.37. The van der Waals surface area contributed by atoms with Crippen LogP contribution in [0, 0.1) is 0 Å². The zero-order chi connectivity index (χ0) is 18.5. The number of amides is 3. The van der Waals surface area contributed by atoms with Gasteiger partial charge in [0.15, 0.2) is 0 Å². The van der Waals surface area contributed by atoms with Crippen LogP contribution in [-0.2, 0) is 4.79 Å². The third-order valence-corrected chi connectivity index (χ3v) is 3.94. The van der Waals surface area contributed by atoms with Crippen LogP contribution in [0.25, 0.3) is 11.0 Å². The molecule has 0 unspecified atom stereocenters. The highest BCUT2D eigenvalue weighted by atomic mass is 16.3. The van der Waals surface area contributed by atoms with E-state index in [1.54, 1.807) is 31.2 Å². The number of furan rings is 1. The molecule has 0 saturated heterocycles. The van der Waals surface area contributed by atoms with Crippen molar-refractivity contribution in [2.45, 2.75) is 26.3 Å². The first-order valence-corrected chi connectivity index (χ1v) is 8.51. The number of carbonyl (C=O) groups excluding carboxylic acids is 2. The predicted molar refractivity (Wildman–Crippen MR) is 102 cm³/mol. The second kappa shape index (κ2) is 7.74. The van der Waals surface area contributed by atoms with Gasteiger partial charge in [-0.05, 0) is 37.3 Å². The first-order chi connectivity index (χ1) is 12.5. The van der Waals surface area contributed by atoms with Crippen molar-refractivity contribution in [2.75, 3.05) is 10.6 Å². The van der Waals surface area contributed by atoms with E-state index in [9.17, 15) is 9.59 Å². The number of anilines is 2. The highest BCUT2D eigenvalue weighted by Crippen LogP contribution is 2.23. The maximum atomic E-state index is 12.2. The van der Waals surface area contributed by atoms with E-state index in [2.05, 4.69) is 16.0 Å². The minimum absolute atomic E-state index is 0.0786.